The Morgan fingerprint density at radius 3 is 2.58 bits per heavy atom. The molecule has 0 radical (unpaired) electrons. The normalized spacial score (nSPS) is 12.3. The van der Waals surface area contributed by atoms with Crippen molar-refractivity contribution in [2.45, 2.75) is 40.5 Å². The fourth-order valence-electron chi connectivity index (χ4n) is 1.93. The highest BCUT2D eigenvalue weighted by Gasteiger charge is 2.26. The quantitative estimate of drug-likeness (QED) is 0.819. The lowest BCUT2D eigenvalue weighted by Gasteiger charge is -2.22. The van der Waals surface area contributed by atoms with Gasteiger partial charge in [-0.05, 0) is 20.8 Å². The molecule has 0 aromatic carbocycles. The van der Waals surface area contributed by atoms with E-state index < -0.39 is 0 Å². The molecule has 19 heavy (non-hydrogen) atoms. The maximum absolute atomic E-state index is 12.6. The van der Waals surface area contributed by atoms with Gasteiger partial charge in [-0.1, -0.05) is 19.0 Å². The van der Waals surface area contributed by atoms with Crippen LogP contribution in [0.1, 0.15) is 55.4 Å². The summed E-state index contributed by atoms with van der Waals surface area (Å²) in [5.74, 6) is 0.427. The van der Waals surface area contributed by atoms with Crippen LogP contribution in [0.15, 0.2) is 4.52 Å². The Balaban J connectivity index is 3.04. The molecule has 5 nitrogen and oxygen atoms in total. The zero-order valence-electron chi connectivity index (χ0n) is 12.2. The van der Waals surface area contributed by atoms with Crippen LogP contribution in [0.5, 0.6) is 0 Å². The Bertz CT molecular complexity index is 485. The van der Waals surface area contributed by atoms with Crippen LogP contribution in [-0.2, 0) is 0 Å². The summed E-state index contributed by atoms with van der Waals surface area (Å²) in [6.45, 7) is 10.4. The van der Waals surface area contributed by atoms with E-state index in [1.165, 1.54) is 0 Å². The van der Waals surface area contributed by atoms with E-state index >= 15 is 0 Å². The monoisotopic (exact) mass is 263 g/mol. The summed E-state index contributed by atoms with van der Waals surface area (Å²) in [5, 5.41) is 12.8. The predicted molar refractivity (Wildman–Crippen MR) is 71.7 cm³/mol. The number of hydrogen-bond acceptors (Lipinski definition) is 4. The van der Waals surface area contributed by atoms with Gasteiger partial charge in [-0.2, -0.15) is 5.26 Å². The molecule has 1 rings (SSSR count). The van der Waals surface area contributed by atoms with Gasteiger partial charge >= 0.3 is 0 Å². The molecule has 1 aromatic rings. The molecule has 5 heteroatoms. The van der Waals surface area contributed by atoms with E-state index in [0.717, 1.165) is 0 Å². The number of aryl methyl sites for hydroxylation is 1. The number of rotatable bonds is 5. The molecule has 0 aliphatic carbocycles. The maximum atomic E-state index is 12.6. The van der Waals surface area contributed by atoms with Crippen molar-refractivity contribution in [3.8, 4) is 6.07 Å². The summed E-state index contributed by atoms with van der Waals surface area (Å²) in [7, 11) is 0. The van der Waals surface area contributed by atoms with Crippen LogP contribution in [0.25, 0.3) is 0 Å². The molecule has 0 bridgehead atoms. The summed E-state index contributed by atoms with van der Waals surface area (Å²) in [6.07, 6.45) is 0. The van der Waals surface area contributed by atoms with Gasteiger partial charge in [-0.15, -0.1) is 0 Å². The van der Waals surface area contributed by atoms with E-state index in [0.29, 0.717) is 30.1 Å². The highest BCUT2D eigenvalue weighted by molar-refractivity contribution is 5.96. The molecule has 104 valence electrons. The molecule has 1 heterocycles. The van der Waals surface area contributed by atoms with Crippen molar-refractivity contribution in [3.63, 3.8) is 0 Å². The van der Waals surface area contributed by atoms with Crippen molar-refractivity contribution in [1.82, 2.24) is 10.1 Å². The van der Waals surface area contributed by atoms with Crippen molar-refractivity contribution >= 4 is 5.91 Å². The van der Waals surface area contributed by atoms with Crippen LogP contribution >= 0.6 is 0 Å². The molecule has 0 saturated heterocycles. The largest absolute Gasteiger partial charge is 0.360 e. The summed E-state index contributed by atoms with van der Waals surface area (Å²) in [5.41, 5.74) is 1.15. The second-order valence-electron chi connectivity index (χ2n) is 5.04. The van der Waals surface area contributed by atoms with Crippen molar-refractivity contribution in [2.75, 3.05) is 13.1 Å². The zero-order valence-corrected chi connectivity index (χ0v) is 12.2. The minimum absolute atomic E-state index is 0.104. The molecule has 1 aromatic heterocycles. The van der Waals surface area contributed by atoms with Crippen LogP contribution in [-0.4, -0.2) is 29.1 Å². The molecule has 0 unspecified atom stereocenters. The summed E-state index contributed by atoms with van der Waals surface area (Å²) < 4.78 is 5.24. The van der Waals surface area contributed by atoms with Crippen molar-refractivity contribution in [1.29, 1.82) is 5.26 Å². The Kier molecular flexibility index (Phi) is 5.11. The van der Waals surface area contributed by atoms with Gasteiger partial charge in [0, 0.05) is 19.0 Å². The third-order valence-electron chi connectivity index (χ3n) is 3.01. The topological polar surface area (TPSA) is 70.1 Å². The van der Waals surface area contributed by atoms with Gasteiger partial charge in [0.05, 0.1) is 17.7 Å². The van der Waals surface area contributed by atoms with Crippen molar-refractivity contribution in [3.05, 3.63) is 17.0 Å². The van der Waals surface area contributed by atoms with Crippen LogP contribution in [0, 0.1) is 24.2 Å². The standard InChI is InChI=1S/C14H21N3O2/c1-6-17(8-10(4)7-15)14(18)12-11(5)16-19-13(12)9(2)3/h9-10H,6,8H2,1-5H3/t10-/m1/s1. The van der Waals surface area contributed by atoms with Gasteiger partial charge in [-0.3, -0.25) is 4.79 Å². The fraction of sp³-hybridized carbons (Fsp3) is 0.643. The molecule has 0 fully saturated rings. The van der Waals surface area contributed by atoms with Gasteiger partial charge < -0.3 is 9.42 Å². The van der Waals surface area contributed by atoms with Crippen LogP contribution in [0.2, 0.25) is 0 Å². The van der Waals surface area contributed by atoms with Crippen molar-refractivity contribution < 1.29 is 9.32 Å². The number of carbonyl (C=O) groups excluding carboxylic acids is 1. The maximum Gasteiger partial charge on any atom is 0.259 e. The van der Waals surface area contributed by atoms with Crippen LogP contribution in [0.4, 0.5) is 0 Å². The minimum Gasteiger partial charge on any atom is -0.360 e. The summed E-state index contributed by atoms with van der Waals surface area (Å²) in [6, 6.07) is 2.15. The second kappa shape index (κ2) is 6.37. The van der Waals surface area contributed by atoms with E-state index in [2.05, 4.69) is 11.2 Å². The summed E-state index contributed by atoms with van der Waals surface area (Å²) >= 11 is 0. The van der Waals surface area contributed by atoms with Gasteiger partial charge in [-0.25, -0.2) is 0 Å². The SMILES string of the molecule is CCN(C[C@H](C)C#N)C(=O)c1c(C)noc1C(C)C. The average molecular weight is 263 g/mol. The molecular weight excluding hydrogens is 242 g/mol. The molecule has 0 aliphatic rings. The number of nitriles is 1. The lowest BCUT2D eigenvalue weighted by molar-refractivity contribution is 0.0749. The first kappa shape index (κ1) is 15.2. The van der Waals surface area contributed by atoms with E-state index in [-0.39, 0.29) is 17.7 Å². The van der Waals surface area contributed by atoms with Gasteiger partial charge in [0.25, 0.3) is 5.91 Å². The molecular formula is C14H21N3O2. The first-order valence-corrected chi connectivity index (χ1v) is 6.57. The molecule has 0 saturated carbocycles. The number of hydrogen-bond donors (Lipinski definition) is 0. The highest BCUT2D eigenvalue weighted by Crippen LogP contribution is 2.23. The second-order valence-corrected chi connectivity index (χ2v) is 5.04. The predicted octanol–water partition coefficient (Wildman–Crippen LogP) is 2.73. The van der Waals surface area contributed by atoms with E-state index in [9.17, 15) is 4.79 Å². The zero-order chi connectivity index (χ0) is 14.6. The Hall–Kier alpha value is -1.83. The first-order valence-electron chi connectivity index (χ1n) is 6.57. The van der Waals surface area contributed by atoms with Gasteiger partial charge in [0.15, 0.2) is 5.76 Å². The Morgan fingerprint density at radius 1 is 1.47 bits per heavy atom. The smallest absolute Gasteiger partial charge is 0.259 e. The van der Waals surface area contributed by atoms with E-state index in [1.54, 1.807) is 18.7 Å². The number of aromatic nitrogens is 1. The average Bonchev–Trinajstić information content (AvgIpc) is 2.76. The van der Waals surface area contributed by atoms with Crippen molar-refractivity contribution in [2.24, 2.45) is 5.92 Å². The van der Waals surface area contributed by atoms with Crippen LogP contribution < -0.4 is 0 Å². The summed E-state index contributed by atoms with van der Waals surface area (Å²) in [4.78, 5) is 14.2. The van der Waals surface area contributed by atoms with E-state index in [4.69, 9.17) is 9.78 Å². The third-order valence-corrected chi connectivity index (χ3v) is 3.01. The van der Waals surface area contributed by atoms with Crippen LogP contribution in [0.3, 0.4) is 0 Å². The first-order chi connectivity index (χ1) is 8.92. The molecule has 0 aliphatic heterocycles. The lowest BCUT2D eigenvalue weighted by Crippen LogP contribution is -2.35. The number of carbonyl (C=O) groups is 1. The Morgan fingerprint density at radius 2 is 2.11 bits per heavy atom. The molecule has 1 atom stereocenters. The number of amides is 1. The molecule has 1 amide bonds. The number of nitrogens with zero attached hydrogens (tertiary/aromatic N) is 3. The van der Waals surface area contributed by atoms with E-state index in [1.807, 2.05) is 20.8 Å². The highest BCUT2D eigenvalue weighted by atomic mass is 16.5. The minimum atomic E-state index is -0.188. The third kappa shape index (κ3) is 3.34. The van der Waals surface area contributed by atoms with Gasteiger partial charge in [0.1, 0.15) is 5.56 Å². The van der Waals surface area contributed by atoms with Gasteiger partial charge in [0.2, 0.25) is 0 Å². The lowest BCUT2D eigenvalue weighted by atomic mass is 10.0. The molecule has 0 spiro atoms. The molecule has 0 N–H and O–H groups in total. The fourth-order valence-corrected chi connectivity index (χ4v) is 1.93. The Labute approximate surface area is 114 Å².